The van der Waals surface area contributed by atoms with Crippen molar-refractivity contribution in [2.75, 3.05) is 6.54 Å². The Kier molecular flexibility index (Phi) is 11.3. The maximum Gasteiger partial charge on any atom is 0.407 e. The minimum absolute atomic E-state index is 0.0902. The molecule has 0 bridgehead atoms. The number of carbonyl (C=O) groups excluding carboxylic acids is 1. The monoisotopic (exact) mass is 328 g/mol. The molecule has 0 aliphatic heterocycles. The van der Waals surface area contributed by atoms with Gasteiger partial charge in [-0.25, -0.2) is 4.79 Å². The van der Waals surface area contributed by atoms with Crippen LogP contribution in [0.25, 0.3) is 0 Å². The van der Waals surface area contributed by atoms with Gasteiger partial charge >= 0.3 is 6.09 Å². The number of nitrogens with one attached hydrogen (secondary N) is 2. The summed E-state index contributed by atoms with van der Waals surface area (Å²) in [5.74, 6) is 0.367. The van der Waals surface area contributed by atoms with Crippen LogP contribution in [-0.2, 0) is 4.74 Å². The molecule has 0 aromatic carbocycles. The third-order valence-corrected chi connectivity index (χ3v) is 3.93. The number of ether oxygens (including phenoxy) is 1. The van der Waals surface area contributed by atoms with Crippen molar-refractivity contribution in [3.8, 4) is 0 Å². The lowest BCUT2D eigenvalue weighted by molar-refractivity contribution is 0.0489. The zero-order valence-electron chi connectivity index (χ0n) is 16.5. The third-order valence-electron chi connectivity index (χ3n) is 3.93. The molecule has 0 heterocycles. The second kappa shape index (κ2) is 11.7. The van der Waals surface area contributed by atoms with E-state index >= 15 is 0 Å². The summed E-state index contributed by atoms with van der Waals surface area (Å²) in [6.07, 6.45) is 7.45. The summed E-state index contributed by atoms with van der Waals surface area (Å²) in [7, 11) is 0. The first kappa shape index (κ1) is 22.2. The number of amides is 1. The van der Waals surface area contributed by atoms with Crippen molar-refractivity contribution >= 4 is 6.09 Å². The molecule has 2 atom stereocenters. The molecule has 0 radical (unpaired) electrons. The fourth-order valence-electron chi connectivity index (χ4n) is 2.40. The highest BCUT2D eigenvalue weighted by atomic mass is 16.6. The molecule has 138 valence electrons. The number of unbranched alkanes of at least 4 members (excludes halogenated alkanes) is 4. The Balaban J connectivity index is 4.06. The predicted molar refractivity (Wildman–Crippen MR) is 98.8 cm³/mol. The van der Waals surface area contributed by atoms with E-state index in [1.54, 1.807) is 0 Å². The van der Waals surface area contributed by atoms with Crippen molar-refractivity contribution in [2.45, 2.75) is 105 Å². The topological polar surface area (TPSA) is 50.4 Å². The summed E-state index contributed by atoms with van der Waals surface area (Å²) in [5.41, 5.74) is -0.454. The maximum absolute atomic E-state index is 11.9. The number of hydrogen-bond donors (Lipinski definition) is 2. The molecular formula is C19H40N2O2. The summed E-state index contributed by atoms with van der Waals surface area (Å²) in [5, 5.41) is 6.54. The van der Waals surface area contributed by atoms with Gasteiger partial charge in [0.05, 0.1) is 0 Å². The normalized spacial score (nSPS) is 14.6. The Bertz CT molecular complexity index is 311. The van der Waals surface area contributed by atoms with Crippen LogP contribution in [-0.4, -0.2) is 30.3 Å². The maximum atomic E-state index is 11.9. The van der Waals surface area contributed by atoms with E-state index in [0.29, 0.717) is 12.0 Å². The summed E-state index contributed by atoms with van der Waals surface area (Å²) in [6, 6.07) is 0.575. The molecule has 0 fully saturated rings. The standard InChI is InChI=1S/C19H40N2O2/c1-8-9-10-11-12-13-16(4)20-14-17(15(2)3)21-18(22)23-19(5,6)7/h15-17,20H,8-14H2,1-7H3,(H,21,22). The Morgan fingerprint density at radius 1 is 1.04 bits per heavy atom. The summed E-state index contributed by atoms with van der Waals surface area (Å²) < 4.78 is 5.35. The van der Waals surface area contributed by atoms with Crippen molar-refractivity contribution < 1.29 is 9.53 Å². The number of alkyl carbamates (subject to hydrolysis) is 1. The number of rotatable bonds is 11. The van der Waals surface area contributed by atoms with Crippen LogP contribution in [0.3, 0.4) is 0 Å². The zero-order valence-corrected chi connectivity index (χ0v) is 16.5. The van der Waals surface area contributed by atoms with Crippen LogP contribution in [0.2, 0.25) is 0 Å². The van der Waals surface area contributed by atoms with Crippen LogP contribution in [0.1, 0.15) is 87.0 Å². The van der Waals surface area contributed by atoms with Crippen molar-refractivity contribution in [1.29, 1.82) is 0 Å². The van der Waals surface area contributed by atoms with E-state index in [1.165, 1.54) is 38.5 Å². The van der Waals surface area contributed by atoms with E-state index in [4.69, 9.17) is 4.74 Å². The van der Waals surface area contributed by atoms with Gasteiger partial charge in [0.25, 0.3) is 0 Å². The van der Waals surface area contributed by atoms with Gasteiger partial charge in [-0.3, -0.25) is 0 Å². The first-order valence-electron chi connectivity index (χ1n) is 9.38. The van der Waals surface area contributed by atoms with Gasteiger partial charge in [-0.2, -0.15) is 0 Å². The fourth-order valence-corrected chi connectivity index (χ4v) is 2.40. The Morgan fingerprint density at radius 3 is 2.17 bits per heavy atom. The van der Waals surface area contributed by atoms with Crippen molar-refractivity contribution in [2.24, 2.45) is 5.92 Å². The second-order valence-corrected chi connectivity index (χ2v) is 8.01. The highest BCUT2D eigenvalue weighted by molar-refractivity contribution is 5.68. The second-order valence-electron chi connectivity index (χ2n) is 8.01. The van der Waals surface area contributed by atoms with Crippen molar-refractivity contribution in [3.63, 3.8) is 0 Å². The zero-order chi connectivity index (χ0) is 17.9. The molecule has 2 N–H and O–H groups in total. The lowest BCUT2D eigenvalue weighted by Crippen LogP contribution is -2.48. The molecule has 0 aliphatic rings. The fraction of sp³-hybridized carbons (Fsp3) is 0.947. The van der Waals surface area contributed by atoms with Crippen LogP contribution in [0.4, 0.5) is 4.79 Å². The first-order valence-corrected chi connectivity index (χ1v) is 9.38. The SMILES string of the molecule is CCCCCCCC(C)NCC(NC(=O)OC(C)(C)C)C(C)C. The molecule has 2 unspecified atom stereocenters. The first-order chi connectivity index (χ1) is 10.7. The molecule has 0 rings (SSSR count). The average Bonchev–Trinajstić information content (AvgIpc) is 2.40. The molecule has 0 saturated carbocycles. The minimum atomic E-state index is -0.454. The van der Waals surface area contributed by atoms with E-state index in [1.807, 2.05) is 20.8 Å². The molecule has 1 amide bonds. The Labute approximate surface area is 144 Å². The minimum Gasteiger partial charge on any atom is -0.444 e. The predicted octanol–water partition coefficient (Wildman–Crippen LogP) is 4.87. The summed E-state index contributed by atoms with van der Waals surface area (Å²) in [6.45, 7) is 15.2. The van der Waals surface area contributed by atoms with Gasteiger partial charge in [-0.05, 0) is 40.0 Å². The quantitative estimate of drug-likeness (QED) is 0.532. The van der Waals surface area contributed by atoms with Crippen LogP contribution < -0.4 is 10.6 Å². The average molecular weight is 329 g/mol. The van der Waals surface area contributed by atoms with E-state index < -0.39 is 5.60 Å². The molecule has 0 aromatic rings. The van der Waals surface area contributed by atoms with Crippen LogP contribution in [0.5, 0.6) is 0 Å². The van der Waals surface area contributed by atoms with Crippen LogP contribution in [0, 0.1) is 5.92 Å². The van der Waals surface area contributed by atoms with Gasteiger partial charge < -0.3 is 15.4 Å². The molecule has 0 saturated heterocycles. The van der Waals surface area contributed by atoms with E-state index in [2.05, 4.69) is 38.3 Å². The molecule has 0 spiro atoms. The smallest absolute Gasteiger partial charge is 0.407 e. The van der Waals surface area contributed by atoms with E-state index in [-0.39, 0.29) is 12.1 Å². The molecule has 0 aliphatic carbocycles. The molecule has 4 nitrogen and oxygen atoms in total. The van der Waals surface area contributed by atoms with Gasteiger partial charge in [0, 0.05) is 18.6 Å². The Hall–Kier alpha value is -0.770. The largest absolute Gasteiger partial charge is 0.444 e. The number of hydrogen-bond acceptors (Lipinski definition) is 3. The third kappa shape index (κ3) is 13.4. The Morgan fingerprint density at radius 2 is 1.65 bits per heavy atom. The van der Waals surface area contributed by atoms with Crippen LogP contribution in [0.15, 0.2) is 0 Å². The molecule has 23 heavy (non-hydrogen) atoms. The van der Waals surface area contributed by atoms with Crippen molar-refractivity contribution in [1.82, 2.24) is 10.6 Å². The highest BCUT2D eigenvalue weighted by Gasteiger charge is 2.21. The van der Waals surface area contributed by atoms with Gasteiger partial charge in [-0.15, -0.1) is 0 Å². The van der Waals surface area contributed by atoms with Crippen LogP contribution >= 0.6 is 0 Å². The van der Waals surface area contributed by atoms with E-state index in [0.717, 1.165) is 6.54 Å². The summed E-state index contributed by atoms with van der Waals surface area (Å²) in [4.78, 5) is 11.9. The number of carbonyl (C=O) groups is 1. The van der Waals surface area contributed by atoms with Gasteiger partial charge in [0.1, 0.15) is 5.60 Å². The lowest BCUT2D eigenvalue weighted by Gasteiger charge is -2.27. The molecule has 0 aromatic heterocycles. The summed E-state index contributed by atoms with van der Waals surface area (Å²) >= 11 is 0. The van der Waals surface area contributed by atoms with E-state index in [9.17, 15) is 4.79 Å². The lowest BCUT2D eigenvalue weighted by atomic mass is 10.0. The van der Waals surface area contributed by atoms with Gasteiger partial charge in [-0.1, -0.05) is 52.9 Å². The van der Waals surface area contributed by atoms with Crippen molar-refractivity contribution in [3.05, 3.63) is 0 Å². The van der Waals surface area contributed by atoms with Gasteiger partial charge in [0.15, 0.2) is 0 Å². The molecule has 4 heteroatoms. The van der Waals surface area contributed by atoms with Gasteiger partial charge in [0.2, 0.25) is 0 Å². The molecular weight excluding hydrogens is 288 g/mol. The highest BCUT2D eigenvalue weighted by Crippen LogP contribution is 2.10.